The summed E-state index contributed by atoms with van der Waals surface area (Å²) in [6.45, 7) is 1.91. The van der Waals surface area contributed by atoms with E-state index in [-0.39, 0.29) is 12.3 Å². The highest BCUT2D eigenvalue weighted by Gasteiger charge is 2.18. The van der Waals surface area contributed by atoms with Crippen LogP contribution in [-0.2, 0) is 17.6 Å². The van der Waals surface area contributed by atoms with Crippen molar-refractivity contribution in [2.45, 2.75) is 26.2 Å². The number of halogens is 1. The van der Waals surface area contributed by atoms with Crippen molar-refractivity contribution in [1.82, 2.24) is 5.43 Å². The minimum absolute atomic E-state index is 0.108. The highest BCUT2D eigenvalue weighted by atomic mass is 35.5. The molecule has 2 aromatic carbocycles. The first-order valence-corrected chi connectivity index (χ1v) is 8.83. The number of nitro groups is 1. The lowest BCUT2D eigenvalue weighted by Gasteiger charge is -2.11. The molecule has 0 atom stereocenters. The second kappa shape index (κ2) is 8.18. The Labute approximate surface area is 161 Å². The van der Waals surface area contributed by atoms with Gasteiger partial charge in [0, 0.05) is 22.7 Å². The van der Waals surface area contributed by atoms with Crippen LogP contribution in [0.15, 0.2) is 35.4 Å². The van der Waals surface area contributed by atoms with Crippen LogP contribution >= 0.6 is 11.6 Å². The molecule has 140 valence electrons. The number of nitro benzene ring substituents is 1. The Morgan fingerprint density at radius 1 is 1.33 bits per heavy atom. The van der Waals surface area contributed by atoms with Gasteiger partial charge in [-0.3, -0.25) is 14.9 Å². The topological polar surface area (TPSA) is 93.8 Å². The average Bonchev–Trinajstić information content (AvgIpc) is 3.13. The fourth-order valence-corrected chi connectivity index (χ4v) is 3.25. The number of hydrogen-bond acceptors (Lipinski definition) is 5. The number of hydrogen-bond donors (Lipinski definition) is 1. The van der Waals surface area contributed by atoms with E-state index in [4.69, 9.17) is 16.3 Å². The third kappa shape index (κ3) is 4.43. The number of amides is 1. The third-order valence-corrected chi connectivity index (χ3v) is 4.76. The predicted octanol–water partition coefficient (Wildman–Crippen LogP) is 3.57. The van der Waals surface area contributed by atoms with Crippen LogP contribution in [0.25, 0.3) is 0 Å². The molecule has 1 aliphatic rings. The molecule has 1 N–H and O–H groups in total. The summed E-state index contributed by atoms with van der Waals surface area (Å²) >= 11 is 5.97. The van der Waals surface area contributed by atoms with Crippen LogP contribution < -0.4 is 10.2 Å². The number of aryl methyl sites for hydroxylation is 1. The molecule has 0 radical (unpaired) electrons. The zero-order chi connectivity index (χ0) is 19.4. The Hall–Kier alpha value is -2.93. The molecule has 1 aliphatic carbocycles. The number of rotatable bonds is 6. The normalized spacial score (nSPS) is 12.8. The quantitative estimate of drug-likeness (QED) is 0.465. The van der Waals surface area contributed by atoms with E-state index in [1.165, 1.54) is 41.1 Å². The second-order valence-corrected chi connectivity index (χ2v) is 6.64. The fraction of sp³-hybridized carbons (Fsp3) is 0.263. The molecular weight excluding hydrogens is 370 g/mol. The highest BCUT2D eigenvalue weighted by molar-refractivity contribution is 6.33. The first-order valence-electron chi connectivity index (χ1n) is 8.45. The van der Waals surface area contributed by atoms with Gasteiger partial charge >= 0.3 is 0 Å². The summed E-state index contributed by atoms with van der Waals surface area (Å²) in [5.41, 5.74) is 6.30. The Balaban J connectivity index is 1.58. The van der Waals surface area contributed by atoms with Gasteiger partial charge in [0.05, 0.1) is 11.1 Å². The molecule has 0 saturated carbocycles. The van der Waals surface area contributed by atoms with Gasteiger partial charge in [-0.15, -0.1) is 0 Å². The van der Waals surface area contributed by atoms with E-state index in [9.17, 15) is 14.9 Å². The first kappa shape index (κ1) is 18.8. The Bertz CT molecular complexity index is 927. The number of ether oxygens (including phenoxy) is 1. The molecule has 0 aromatic heterocycles. The summed E-state index contributed by atoms with van der Waals surface area (Å²) in [6, 6.07) is 7.87. The van der Waals surface area contributed by atoms with Crippen molar-refractivity contribution < 1.29 is 14.5 Å². The van der Waals surface area contributed by atoms with Gasteiger partial charge in [-0.2, -0.15) is 5.10 Å². The van der Waals surface area contributed by atoms with Crippen molar-refractivity contribution in [2.24, 2.45) is 5.10 Å². The lowest BCUT2D eigenvalue weighted by Crippen LogP contribution is -2.24. The largest absolute Gasteiger partial charge is 0.483 e. The molecule has 2 aromatic rings. The summed E-state index contributed by atoms with van der Waals surface area (Å²) in [6.07, 6.45) is 4.35. The highest BCUT2D eigenvalue weighted by Crippen LogP contribution is 2.32. The van der Waals surface area contributed by atoms with Crippen LogP contribution in [0.1, 0.15) is 28.7 Å². The Morgan fingerprint density at radius 3 is 2.89 bits per heavy atom. The summed E-state index contributed by atoms with van der Waals surface area (Å²) in [5.74, 6) is 0.300. The standard InChI is InChI=1S/C19H18ClN3O4/c1-12-5-8-18(16-4-2-3-15(12)16)27-11-19(24)22-21-10-13-9-14(23(25)26)6-7-17(13)20/h5-10H,2-4,11H2,1H3,(H,22,24)/b21-10+. The van der Waals surface area contributed by atoms with Gasteiger partial charge in [-0.05, 0) is 55.0 Å². The van der Waals surface area contributed by atoms with Gasteiger partial charge in [-0.25, -0.2) is 5.43 Å². The monoisotopic (exact) mass is 387 g/mol. The number of nitrogens with zero attached hydrogens (tertiary/aromatic N) is 2. The molecule has 1 amide bonds. The van der Waals surface area contributed by atoms with Crippen LogP contribution in [0, 0.1) is 17.0 Å². The minimum Gasteiger partial charge on any atom is -0.483 e. The zero-order valence-electron chi connectivity index (χ0n) is 14.7. The van der Waals surface area contributed by atoms with Gasteiger partial charge in [0.15, 0.2) is 6.61 Å². The van der Waals surface area contributed by atoms with Crippen molar-refractivity contribution >= 4 is 29.4 Å². The molecule has 0 saturated heterocycles. The SMILES string of the molecule is Cc1ccc(OCC(=O)N/N=C/c2cc([N+](=O)[O-])ccc2Cl)c2c1CCC2. The molecule has 0 bridgehead atoms. The lowest BCUT2D eigenvalue weighted by molar-refractivity contribution is -0.384. The number of carbonyl (C=O) groups is 1. The number of carbonyl (C=O) groups excluding carboxylic acids is 1. The first-order chi connectivity index (χ1) is 13.0. The molecule has 0 fully saturated rings. The summed E-state index contributed by atoms with van der Waals surface area (Å²) in [7, 11) is 0. The van der Waals surface area contributed by atoms with E-state index < -0.39 is 10.8 Å². The van der Waals surface area contributed by atoms with E-state index in [0.717, 1.165) is 25.0 Å². The van der Waals surface area contributed by atoms with Crippen molar-refractivity contribution in [3.8, 4) is 5.75 Å². The van der Waals surface area contributed by atoms with Crippen molar-refractivity contribution in [3.05, 3.63) is 67.7 Å². The van der Waals surface area contributed by atoms with Crippen molar-refractivity contribution in [1.29, 1.82) is 0 Å². The lowest BCUT2D eigenvalue weighted by atomic mass is 10.0. The van der Waals surface area contributed by atoms with E-state index in [1.807, 2.05) is 12.1 Å². The van der Waals surface area contributed by atoms with E-state index in [0.29, 0.717) is 10.6 Å². The molecule has 27 heavy (non-hydrogen) atoms. The van der Waals surface area contributed by atoms with Crippen LogP contribution in [0.3, 0.4) is 0 Å². The van der Waals surface area contributed by atoms with Crippen LogP contribution in [0.2, 0.25) is 5.02 Å². The van der Waals surface area contributed by atoms with E-state index in [1.54, 1.807) is 0 Å². The number of fused-ring (bicyclic) bond motifs is 1. The number of hydrazone groups is 1. The average molecular weight is 388 g/mol. The van der Waals surface area contributed by atoms with Crippen molar-refractivity contribution in [3.63, 3.8) is 0 Å². The smallest absolute Gasteiger partial charge is 0.277 e. The van der Waals surface area contributed by atoms with Crippen LogP contribution in [-0.4, -0.2) is 23.7 Å². The molecule has 8 heteroatoms. The molecule has 3 rings (SSSR count). The number of nitrogens with one attached hydrogen (secondary N) is 1. The molecule has 0 aliphatic heterocycles. The minimum atomic E-state index is -0.528. The Kier molecular flexibility index (Phi) is 5.71. The zero-order valence-corrected chi connectivity index (χ0v) is 15.5. The van der Waals surface area contributed by atoms with Gasteiger partial charge in [0.2, 0.25) is 0 Å². The van der Waals surface area contributed by atoms with E-state index in [2.05, 4.69) is 17.5 Å². The van der Waals surface area contributed by atoms with Crippen molar-refractivity contribution in [2.75, 3.05) is 6.61 Å². The van der Waals surface area contributed by atoms with E-state index >= 15 is 0 Å². The molecule has 0 heterocycles. The van der Waals surface area contributed by atoms with Gasteiger partial charge in [-0.1, -0.05) is 17.7 Å². The Morgan fingerprint density at radius 2 is 2.11 bits per heavy atom. The fourth-order valence-electron chi connectivity index (χ4n) is 3.08. The summed E-state index contributed by atoms with van der Waals surface area (Å²) < 4.78 is 5.64. The van der Waals surface area contributed by atoms with Crippen LogP contribution in [0.4, 0.5) is 5.69 Å². The molecular formula is C19H18ClN3O4. The van der Waals surface area contributed by atoms with Crippen LogP contribution in [0.5, 0.6) is 5.75 Å². The maximum atomic E-state index is 11.9. The summed E-state index contributed by atoms with van der Waals surface area (Å²) in [5, 5.41) is 14.9. The third-order valence-electron chi connectivity index (χ3n) is 4.42. The predicted molar refractivity (Wildman–Crippen MR) is 103 cm³/mol. The summed E-state index contributed by atoms with van der Waals surface area (Å²) in [4.78, 5) is 22.2. The van der Waals surface area contributed by atoms with Gasteiger partial charge < -0.3 is 4.74 Å². The number of benzene rings is 2. The molecule has 0 unspecified atom stereocenters. The molecule has 0 spiro atoms. The van der Waals surface area contributed by atoms with Gasteiger partial charge in [0.25, 0.3) is 11.6 Å². The maximum Gasteiger partial charge on any atom is 0.277 e. The second-order valence-electron chi connectivity index (χ2n) is 6.24. The van der Waals surface area contributed by atoms with Gasteiger partial charge in [0.1, 0.15) is 5.75 Å². The maximum absolute atomic E-state index is 11.9. The molecule has 7 nitrogen and oxygen atoms in total. The number of non-ortho nitro benzene ring substituents is 1.